The molecule has 0 aliphatic rings. The topological polar surface area (TPSA) is 12.0 Å². The average molecular weight is 95.0 g/mol. The lowest BCUT2D eigenvalue weighted by molar-refractivity contribution is 0.821. The van der Waals surface area contributed by atoms with Crippen molar-refractivity contribution >= 4 is 7.98 Å². The van der Waals surface area contributed by atoms with Gasteiger partial charge in [0.1, 0.15) is 0 Å². The van der Waals surface area contributed by atoms with Crippen LogP contribution < -0.4 is 5.23 Å². The summed E-state index contributed by atoms with van der Waals surface area (Å²) in [7, 11) is 1.93. The van der Waals surface area contributed by atoms with E-state index >= 15 is 0 Å². The third-order valence-electron chi connectivity index (χ3n) is 0.748. The second kappa shape index (κ2) is 5.58. The van der Waals surface area contributed by atoms with Gasteiger partial charge in [0.2, 0.25) is 0 Å². The average Bonchev–Trinajstić information content (AvgIpc) is 1.69. The molecule has 0 unspecified atom stereocenters. The first-order chi connectivity index (χ1) is 3.41. The van der Waals surface area contributed by atoms with E-state index in [0.29, 0.717) is 0 Å². The summed E-state index contributed by atoms with van der Waals surface area (Å²) in [6, 6.07) is 0. The minimum Gasteiger partial charge on any atom is -0.362 e. The molecule has 0 radical (unpaired) electrons. The molecule has 1 nitrogen and oxygen atoms in total. The van der Waals surface area contributed by atoms with Crippen molar-refractivity contribution in [3.05, 3.63) is 0 Å². The van der Waals surface area contributed by atoms with Crippen molar-refractivity contribution in [1.82, 2.24) is 5.23 Å². The summed E-state index contributed by atoms with van der Waals surface area (Å²) in [5.74, 6) is 2.56. The molecule has 7 heavy (non-hydrogen) atoms. The molecule has 0 spiro atoms. The molecule has 0 fully saturated rings. The highest BCUT2D eigenvalue weighted by molar-refractivity contribution is 6.04. The molecule has 0 heterocycles. The number of hydrogen-bond acceptors (Lipinski definition) is 1. The Labute approximate surface area is 45.9 Å². The molecule has 0 saturated carbocycles. The van der Waals surface area contributed by atoms with Crippen LogP contribution in [-0.4, -0.2) is 14.5 Å². The molecular weight excluding hydrogens is 84.9 g/mol. The summed E-state index contributed by atoms with van der Waals surface area (Å²) in [5.41, 5.74) is 0. The van der Waals surface area contributed by atoms with Crippen molar-refractivity contribution in [1.29, 1.82) is 0 Å². The zero-order valence-corrected chi connectivity index (χ0v) is 4.70. The van der Waals surface area contributed by atoms with Gasteiger partial charge in [-0.3, -0.25) is 0 Å². The maximum absolute atomic E-state index is 4.99. The number of rotatable bonds is 3. The maximum Gasteiger partial charge on any atom is 0.181 e. The highest BCUT2D eigenvalue weighted by Crippen LogP contribution is 1.79. The molecule has 0 amide bonds. The molecule has 1 N–H and O–H groups in total. The van der Waals surface area contributed by atoms with E-state index < -0.39 is 0 Å². The SMILES string of the molecule is BNCCCC#C. The Bertz CT molecular complexity index is 65.0. The Morgan fingerprint density at radius 1 is 1.71 bits per heavy atom. The van der Waals surface area contributed by atoms with Crippen LogP contribution in [0.5, 0.6) is 0 Å². The Morgan fingerprint density at radius 3 is 2.86 bits per heavy atom. The van der Waals surface area contributed by atoms with Crippen molar-refractivity contribution in [2.24, 2.45) is 0 Å². The molecule has 0 aliphatic carbocycles. The van der Waals surface area contributed by atoms with Crippen molar-refractivity contribution in [2.45, 2.75) is 12.8 Å². The van der Waals surface area contributed by atoms with E-state index in [0.717, 1.165) is 19.4 Å². The van der Waals surface area contributed by atoms with Gasteiger partial charge in [-0.05, 0) is 13.0 Å². The lowest BCUT2D eigenvalue weighted by Gasteiger charge is -1.89. The van der Waals surface area contributed by atoms with E-state index in [-0.39, 0.29) is 0 Å². The molecule has 38 valence electrons. The zero-order chi connectivity index (χ0) is 5.54. The predicted molar refractivity (Wildman–Crippen MR) is 34.6 cm³/mol. The molecular formula is C5H10BN. The van der Waals surface area contributed by atoms with E-state index in [1.165, 1.54) is 0 Å². The van der Waals surface area contributed by atoms with Crippen LogP contribution in [0.2, 0.25) is 0 Å². The Balaban J connectivity index is 2.60. The van der Waals surface area contributed by atoms with Crippen LogP contribution in [0, 0.1) is 12.3 Å². The highest BCUT2D eigenvalue weighted by atomic mass is 14.7. The van der Waals surface area contributed by atoms with Crippen molar-refractivity contribution in [2.75, 3.05) is 6.54 Å². The standard InChI is InChI=1S/C5H10BN/c1-2-3-4-5-7-6/h1,7H,3-6H2. The summed E-state index contributed by atoms with van der Waals surface area (Å²) in [6.07, 6.45) is 6.97. The molecule has 0 bridgehead atoms. The van der Waals surface area contributed by atoms with Crippen LogP contribution in [0.25, 0.3) is 0 Å². The number of hydrogen-bond donors (Lipinski definition) is 1. The molecule has 0 rings (SSSR count). The van der Waals surface area contributed by atoms with Gasteiger partial charge < -0.3 is 5.23 Å². The molecule has 0 aromatic rings. The third kappa shape index (κ3) is 5.58. The van der Waals surface area contributed by atoms with E-state index in [9.17, 15) is 0 Å². The summed E-state index contributed by atoms with van der Waals surface area (Å²) < 4.78 is 0. The zero-order valence-electron chi connectivity index (χ0n) is 4.70. The van der Waals surface area contributed by atoms with E-state index in [2.05, 4.69) is 11.1 Å². The minimum atomic E-state index is 0.890. The second-order valence-electron chi connectivity index (χ2n) is 1.41. The predicted octanol–water partition coefficient (Wildman–Crippen LogP) is -0.463. The van der Waals surface area contributed by atoms with Gasteiger partial charge in [-0.15, -0.1) is 12.3 Å². The lowest BCUT2D eigenvalue weighted by atomic mass is 10.3. The summed E-state index contributed by atoms with van der Waals surface area (Å²) in [4.78, 5) is 0. The fraction of sp³-hybridized carbons (Fsp3) is 0.600. The molecule has 0 saturated heterocycles. The number of unbranched alkanes of at least 4 members (excludes halogenated alkanes) is 1. The Morgan fingerprint density at radius 2 is 2.43 bits per heavy atom. The Kier molecular flexibility index (Phi) is 5.25. The van der Waals surface area contributed by atoms with Gasteiger partial charge in [-0.1, -0.05) is 0 Å². The summed E-state index contributed by atoms with van der Waals surface area (Å²) in [5, 5.41) is 3.01. The fourth-order valence-electron chi connectivity index (χ4n) is 0.367. The van der Waals surface area contributed by atoms with Crippen LogP contribution in [-0.2, 0) is 0 Å². The van der Waals surface area contributed by atoms with E-state index in [1.54, 1.807) is 0 Å². The minimum absolute atomic E-state index is 0.890. The lowest BCUT2D eigenvalue weighted by Crippen LogP contribution is -2.08. The van der Waals surface area contributed by atoms with Gasteiger partial charge in [-0.25, -0.2) is 0 Å². The van der Waals surface area contributed by atoms with Gasteiger partial charge in [0, 0.05) is 6.42 Å². The molecule has 0 aromatic carbocycles. The molecule has 0 aliphatic heterocycles. The summed E-state index contributed by atoms with van der Waals surface area (Å²) >= 11 is 0. The normalized spacial score (nSPS) is 7.86. The second-order valence-corrected chi connectivity index (χ2v) is 1.41. The molecule has 0 atom stereocenters. The van der Waals surface area contributed by atoms with Gasteiger partial charge in [-0.2, -0.15) is 0 Å². The van der Waals surface area contributed by atoms with Crippen LogP contribution in [0.3, 0.4) is 0 Å². The van der Waals surface area contributed by atoms with Crippen LogP contribution in [0.1, 0.15) is 12.8 Å². The van der Waals surface area contributed by atoms with Crippen molar-refractivity contribution in [3.8, 4) is 12.3 Å². The number of terminal acetylenes is 1. The maximum atomic E-state index is 4.99. The first kappa shape index (κ1) is 6.58. The van der Waals surface area contributed by atoms with E-state index in [1.807, 2.05) is 7.98 Å². The van der Waals surface area contributed by atoms with E-state index in [4.69, 9.17) is 6.42 Å². The van der Waals surface area contributed by atoms with Crippen LogP contribution in [0.15, 0.2) is 0 Å². The van der Waals surface area contributed by atoms with Crippen molar-refractivity contribution < 1.29 is 0 Å². The van der Waals surface area contributed by atoms with Crippen LogP contribution in [0.4, 0.5) is 0 Å². The van der Waals surface area contributed by atoms with Crippen LogP contribution >= 0.6 is 0 Å². The third-order valence-corrected chi connectivity index (χ3v) is 0.748. The van der Waals surface area contributed by atoms with Gasteiger partial charge in [0.25, 0.3) is 0 Å². The smallest absolute Gasteiger partial charge is 0.181 e. The first-order valence-electron chi connectivity index (χ1n) is 2.50. The Hall–Kier alpha value is -0.415. The fourth-order valence-corrected chi connectivity index (χ4v) is 0.367. The monoisotopic (exact) mass is 95.1 g/mol. The van der Waals surface area contributed by atoms with Gasteiger partial charge in [0.15, 0.2) is 7.98 Å². The first-order valence-corrected chi connectivity index (χ1v) is 2.50. The van der Waals surface area contributed by atoms with Crippen molar-refractivity contribution in [3.63, 3.8) is 0 Å². The quantitative estimate of drug-likeness (QED) is 0.284. The molecule has 0 aromatic heterocycles. The molecule has 2 heteroatoms. The highest BCUT2D eigenvalue weighted by Gasteiger charge is 1.76. The number of nitrogens with one attached hydrogen (secondary N) is 1. The summed E-state index contributed by atoms with van der Waals surface area (Å²) in [6.45, 7) is 1.03. The van der Waals surface area contributed by atoms with Gasteiger partial charge in [0.05, 0.1) is 0 Å². The van der Waals surface area contributed by atoms with Gasteiger partial charge >= 0.3 is 0 Å². The largest absolute Gasteiger partial charge is 0.362 e.